The summed E-state index contributed by atoms with van der Waals surface area (Å²) in [6.45, 7) is 3.48. The molecule has 10 nitrogen and oxygen atoms in total. The van der Waals surface area contributed by atoms with Crippen molar-refractivity contribution in [1.82, 2.24) is 9.80 Å². The lowest BCUT2D eigenvalue weighted by atomic mass is 9.52. The Hall–Kier alpha value is -3.21. The van der Waals surface area contributed by atoms with Gasteiger partial charge in [-0.15, -0.1) is 0 Å². The molecule has 204 valence electrons. The number of rotatable bonds is 5. The van der Waals surface area contributed by atoms with Crippen molar-refractivity contribution in [2.45, 2.75) is 50.7 Å². The van der Waals surface area contributed by atoms with Gasteiger partial charge in [-0.2, -0.15) is 0 Å². The van der Waals surface area contributed by atoms with Gasteiger partial charge in [-0.05, 0) is 76.0 Å². The highest BCUT2D eigenvalue weighted by Gasteiger charge is 2.67. The van der Waals surface area contributed by atoms with E-state index in [1.807, 2.05) is 24.9 Å². The summed E-state index contributed by atoms with van der Waals surface area (Å²) in [5, 5.41) is 45.2. The topological polar surface area (TPSA) is 165 Å². The molecular weight excluding hydrogens is 490 g/mol. The summed E-state index contributed by atoms with van der Waals surface area (Å²) < 4.78 is 0. The zero-order chi connectivity index (χ0) is 27.7. The normalized spacial score (nSPS) is 31.5. The highest BCUT2D eigenvalue weighted by Crippen LogP contribution is 2.58. The van der Waals surface area contributed by atoms with Gasteiger partial charge in [0.1, 0.15) is 22.8 Å². The number of fused-ring (bicyclic) bond motifs is 3. The zero-order valence-electron chi connectivity index (χ0n) is 22.0. The van der Waals surface area contributed by atoms with Crippen molar-refractivity contribution < 1.29 is 34.8 Å². The fourth-order valence-corrected chi connectivity index (χ4v) is 7.27. The molecular formula is C28H35N3O7. The predicted octanol–water partition coefficient (Wildman–Crippen LogP) is 1.67. The summed E-state index contributed by atoms with van der Waals surface area (Å²) in [4.78, 5) is 43.5. The molecule has 0 spiro atoms. The monoisotopic (exact) mass is 525 g/mol. The number of nitrogens with zero attached hydrogens (tertiary/aromatic N) is 2. The number of allylic oxidation sites excluding steroid dienone is 2. The van der Waals surface area contributed by atoms with Crippen LogP contribution < -0.4 is 5.73 Å². The molecule has 1 aromatic rings. The number of benzene rings is 1. The summed E-state index contributed by atoms with van der Waals surface area (Å²) in [5.41, 5.74) is 1.99. The van der Waals surface area contributed by atoms with E-state index in [2.05, 4.69) is 4.90 Å². The van der Waals surface area contributed by atoms with Gasteiger partial charge in [0.15, 0.2) is 11.4 Å². The average molecular weight is 526 g/mol. The molecule has 1 fully saturated rings. The second-order valence-corrected chi connectivity index (χ2v) is 11.4. The van der Waals surface area contributed by atoms with E-state index < -0.39 is 51.5 Å². The Bertz CT molecular complexity index is 1320. The number of nitrogens with two attached hydrogens (primary N) is 1. The van der Waals surface area contributed by atoms with Crippen LogP contribution in [0, 0.1) is 11.3 Å². The molecule has 1 heterocycles. The van der Waals surface area contributed by atoms with Crippen LogP contribution in [-0.4, -0.2) is 87.0 Å². The molecule has 0 aromatic heterocycles. The van der Waals surface area contributed by atoms with Crippen LogP contribution in [-0.2, 0) is 16.0 Å². The highest BCUT2D eigenvalue weighted by molar-refractivity contribution is 6.24. The van der Waals surface area contributed by atoms with Gasteiger partial charge >= 0.3 is 0 Å². The molecule has 2 unspecified atom stereocenters. The number of primary amides is 1. The van der Waals surface area contributed by atoms with Gasteiger partial charge in [-0.25, -0.2) is 0 Å². The molecule has 1 saturated heterocycles. The number of aliphatic hydroxyl groups is 3. The van der Waals surface area contributed by atoms with Crippen LogP contribution >= 0.6 is 0 Å². The number of phenols is 1. The van der Waals surface area contributed by atoms with Crippen molar-refractivity contribution in [2.75, 3.05) is 33.7 Å². The van der Waals surface area contributed by atoms with E-state index in [9.17, 15) is 34.8 Å². The number of aliphatic hydroxyl groups excluding tert-OH is 2. The van der Waals surface area contributed by atoms with Crippen LogP contribution in [0.25, 0.3) is 0 Å². The van der Waals surface area contributed by atoms with Gasteiger partial charge in [0, 0.05) is 30.0 Å². The van der Waals surface area contributed by atoms with Crippen molar-refractivity contribution in [2.24, 2.45) is 17.1 Å². The van der Waals surface area contributed by atoms with E-state index in [1.165, 1.54) is 0 Å². The summed E-state index contributed by atoms with van der Waals surface area (Å²) >= 11 is 0. The van der Waals surface area contributed by atoms with E-state index in [0.29, 0.717) is 18.5 Å². The average Bonchev–Trinajstić information content (AvgIpc) is 3.26. The van der Waals surface area contributed by atoms with Crippen LogP contribution in [0.1, 0.15) is 60.1 Å². The predicted molar refractivity (Wildman–Crippen MR) is 138 cm³/mol. The molecule has 0 radical (unpaired) electrons. The number of phenolic OH excluding ortho intramolecular Hbond substituents is 1. The van der Waals surface area contributed by atoms with Crippen molar-refractivity contribution in [3.05, 3.63) is 51.5 Å². The Morgan fingerprint density at radius 3 is 2.55 bits per heavy atom. The summed E-state index contributed by atoms with van der Waals surface area (Å²) in [6.07, 6.45) is 2.09. The third-order valence-corrected chi connectivity index (χ3v) is 9.18. The molecule has 4 atom stereocenters. The van der Waals surface area contributed by atoms with Gasteiger partial charge in [0.2, 0.25) is 5.78 Å². The molecule has 4 aliphatic rings. The first-order chi connectivity index (χ1) is 17.9. The first-order valence-corrected chi connectivity index (χ1v) is 13.1. The Labute approximate surface area is 221 Å². The van der Waals surface area contributed by atoms with Crippen LogP contribution in [0.15, 0.2) is 34.8 Å². The second kappa shape index (κ2) is 8.93. The zero-order valence-corrected chi connectivity index (χ0v) is 22.0. The van der Waals surface area contributed by atoms with Gasteiger partial charge in [0.25, 0.3) is 5.91 Å². The molecule has 5 rings (SSSR count). The fourth-order valence-electron chi connectivity index (χ4n) is 7.27. The molecule has 1 aliphatic heterocycles. The first kappa shape index (κ1) is 26.4. The van der Waals surface area contributed by atoms with Crippen molar-refractivity contribution in [3.8, 4) is 5.75 Å². The third kappa shape index (κ3) is 3.54. The Balaban J connectivity index is 1.68. The number of aromatic hydroxyl groups is 1. The van der Waals surface area contributed by atoms with E-state index >= 15 is 0 Å². The number of carbonyl (C=O) groups excluding carboxylic acids is 3. The largest absolute Gasteiger partial charge is 0.511 e. The molecule has 0 bridgehead atoms. The number of ketones is 2. The highest BCUT2D eigenvalue weighted by atomic mass is 16.3. The van der Waals surface area contributed by atoms with Crippen molar-refractivity contribution >= 4 is 17.5 Å². The number of hydrogen-bond donors (Lipinski definition) is 5. The van der Waals surface area contributed by atoms with Crippen LogP contribution in [0.5, 0.6) is 5.75 Å². The first-order valence-electron chi connectivity index (χ1n) is 13.1. The lowest BCUT2D eigenvalue weighted by Gasteiger charge is -2.55. The molecule has 1 amide bonds. The van der Waals surface area contributed by atoms with Crippen LogP contribution in [0.4, 0.5) is 0 Å². The third-order valence-electron chi connectivity index (χ3n) is 9.18. The van der Waals surface area contributed by atoms with E-state index in [0.717, 1.165) is 24.9 Å². The fraction of sp³-hybridized carbons (Fsp3) is 0.536. The molecule has 0 saturated carbocycles. The Morgan fingerprint density at radius 1 is 1.24 bits per heavy atom. The molecule has 10 heteroatoms. The summed E-state index contributed by atoms with van der Waals surface area (Å²) in [6, 6.07) is 3.64. The number of hydrogen-bond acceptors (Lipinski definition) is 9. The molecule has 6 N–H and O–H groups in total. The minimum atomic E-state index is -2.64. The van der Waals surface area contributed by atoms with E-state index in [1.54, 1.807) is 13.1 Å². The van der Waals surface area contributed by atoms with Gasteiger partial charge < -0.3 is 31.1 Å². The minimum Gasteiger partial charge on any atom is -0.511 e. The van der Waals surface area contributed by atoms with Crippen LogP contribution in [0.3, 0.4) is 0 Å². The Morgan fingerprint density at radius 2 is 1.95 bits per heavy atom. The summed E-state index contributed by atoms with van der Waals surface area (Å²) in [5.74, 6) is -5.24. The smallest absolute Gasteiger partial charge is 0.255 e. The van der Waals surface area contributed by atoms with Gasteiger partial charge in [0.05, 0.1) is 5.56 Å². The van der Waals surface area contributed by atoms with Crippen LogP contribution in [0.2, 0.25) is 0 Å². The molecule has 38 heavy (non-hydrogen) atoms. The van der Waals surface area contributed by atoms with Crippen molar-refractivity contribution in [1.29, 1.82) is 0 Å². The molecule has 1 aromatic carbocycles. The lowest BCUT2D eigenvalue weighted by molar-refractivity contribution is -0.161. The number of amides is 1. The maximum Gasteiger partial charge on any atom is 0.255 e. The number of carbonyl (C=O) groups is 3. The van der Waals surface area contributed by atoms with E-state index in [-0.39, 0.29) is 42.3 Å². The number of likely N-dealkylation sites (tertiary alicyclic amines) is 1. The lowest BCUT2D eigenvalue weighted by Crippen LogP contribution is -2.66. The SMILES string of the molecule is CCN(C)C[C@]12CC(O)=C(C(N)=O)C(=O)[C@@]1(O)C(O)=C1C(=O)c3c(O)cc(C4CCCN4C)cc3CC1C2. The maximum atomic E-state index is 13.8. The second-order valence-electron chi connectivity index (χ2n) is 11.4. The Kier molecular flexibility index (Phi) is 6.20. The van der Waals surface area contributed by atoms with E-state index in [4.69, 9.17) is 5.73 Å². The maximum absolute atomic E-state index is 13.8. The minimum absolute atomic E-state index is 0.0470. The quantitative estimate of drug-likeness (QED) is 0.360. The molecule has 3 aliphatic carbocycles. The summed E-state index contributed by atoms with van der Waals surface area (Å²) in [7, 11) is 3.80. The number of Topliss-reactive ketones (excluding diaryl/α,β-unsaturated/α-hetero) is 2. The van der Waals surface area contributed by atoms with Gasteiger partial charge in [-0.1, -0.05) is 13.0 Å². The standard InChI is InChI=1S/C28H35N3O7/c1-4-30(2)13-27-11-16-9-15-8-14(17-6-5-7-31(17)3)10-18(32)20(15)23(34)21(16)24(35)28(27,38)25(36)22(26(29)37)19(33)12-27/h8,10,16-17,32-33,35,38H,4-7,9,11-13H2,1-3H3,(H2,29,37)/t16?,17?,27-,28-/m0/s1. The van der Waals surface area contributed by atoms with Crippen molar-refractivity contribution in [3.63, 3.8) is 0 Å². The van der Waals surface area contributed by atoms with Gasteiger partial charge in [-0.3, -0.25) is 19.3 Å².